The van der Waals surface area contributed by atoms with Gasteiger partial charge in [0.15, 0.2) is 0 Å². The van der Waals surface area contributed by atoms with Crippen molar-refractivity contribution >= 4 is 6.09 Å². The molecule has 2 aromatic heterocycles. The maximum atomic E-state index is 12.6. The molecule has 0 saturated carbocycles. The van der Waals surface area contributed by atoms with Gasteiger partial charge in [-0.05, 0) is 87.8 Å². The van der Waals surface area contributed by atoms with Gasteiger partial charge in [0.2, 0.25) is 6.41 Å². The molecule has 0 aliphatic rings. The molecule has 50 heavy (non-hydrogen) atoms. The van der Waals surface area contributed by atoms with Crippen molar-refractivity contribution in [2.24, 2.45) is 10.8 Å². The van der Waals surface area contributed by atoms with Gasteiger partial charge in [0, 0.05) is 11.1 Å². The predicted molar refractivity (Wildman–Crippen MR) is 198 cm³/mol. The Morgan fingerprint density at radius 2 is 1.10 bits per heavy atom. The fourth-order valence-electron chi connectivity index (χ4n) is 5.24. The van der Waals surface area contributed by atoms with Crippen molar-refractivity contribution in [2.45, 2.75) is 113 Å². The van der Waals surface area contributed by atoms with Crippen LogP contribution < -0.4 is 10.6 Å². The quantitative estimate of drug-likeness (QED) is 0.0932. The van der Waals surface area contributed by atoms with Crippen LogP contribution in [0.1, 0.15) is 118 Å². The van der Waals surface area contributed by atoms with Crippen molar-refractivity contribution in [3.8, 4) is 34.4 Å². The number of carbonyl (C=O) groups is 1. The number of hydrogen-bond acceptors (Lipinski definition) is 7. The average molecular weight is 683 g/mol. The second-order valence-corrected chi connectivity index (χ2v) is 16.8. The van der Waals surface area contributed by atoms with Gasteiger partial charge in [-0.3, -0.25) is 5.32 Å². The monoisotopic (exact) mass is 682 g/mol. The van der Waals surface area contributed by atoms with Crippen LogP contribution in [-0.4, -0.2) is 48.8 Å². The molecular weight excluding hydrogens is 628 g/mol. The standard InChI is InChI=1S/C40H54N6O4/c1-37(2,3)31(45-35(47)49-39(7,8)9)33-41-23-29(43-33)27-19-15-25(16-20-27)13-14-26-17-21-28(22-18-26)30-24-42-34(44-30)32(38(4,5)6)46-36(48)50-40(10,11)12/h15-24,31-32,35,45,47H,1-12H3,(H,41,43)(H,42,44)(H,46,48). The zero-order chi connectivity index (χ0) is 37.1. The molecule has 0 bridgehead atoms. The molecule has 3 unspecified atom stereocenters. The van der Waals surface area contributed by atoms with Gasteiger partial charge in [-0.15, -0.1) is 0 Å². The zero-order valence-corrected chi connectivity index (χ0v) is 31.6. The highest BCUT2D eigenvalue weighted by atomic mass is 16.6. The molecule has 1 amide bonds. The number of imidazole rings is 2. The number of hydrogen-bond donors (Lipinski definition) is 5. The number of H-pyrrole nitrogens is 2. The predicted octanol–water partition coefficient (Wildman–Crippen LogP) is 8.25. The first kappa shape index (κ1) is 38.4. The fourth-order valence-corrected chi connectivity index (χ4v) is 5.24. The van der Waals surface area contributed by atoms with Crippen molar-refractivity contribution in [3.63, 3.8) is 0 Å². The molecule has 2 aromatic carbocycles. The van der Waals surface area contributed by atoms with Crippen LogP contribution in [0, 0.1) is 22.7 Å². The molecule has 10 heteroatoms. The summed E-state index contributed by atoms with van der Waals surface area (Å²) in [5.74, 6) is 7.88. The second-order valence-electron chi connectivity index (χ2n) is 16.8. The summed E-state index contributed by atoms with van der Waals surface area (Å²) in [5.41, 5.74) is 3.79. The molecule has 0 fully saturated rings. The number of aromatic amines is 2. The maximum absolute atomic E-state index is 12.6. The first-order valence-electron chi connectivity index (χ1n) is 17.0. The SMILES string of the molecule is CC(C)(C)OC(=O)NC(c1ncc(-c2ccc(C#Cc3ccc(-c4cnc(C(NC(O)OC(C)(C)C)C(C)(C)C)[nH]4)cc3)cc2)[nH]1)C(C)(C)C. The highest BCUT2D eigenvalue weighted by Gasteiger charge is 2.33. The van der Waals surface area contributed by atoms with E-state index in [1.165, 1.54) is 0 Å². The number of aromatic nitrogens is 4. The van der Waals surface area contributed by atoms with Gasteiger partial charge in [0.1, 0.15) is 17.2 Å². The Balaban J connectivity index is 1.43. The maximum Gasteiger partial charge on any atom is 0.408 e. The van der Waals surface area contributed by atoms with E-state index in [2.05, 4.69) is 63.2 Å². The number of carbonyl (C=O) groups excluding carboxylic acids is 1. The number of alkyl carbamates (subject to hydrolysis) is 1. The Morgan fingerprint density at radius 1 is 0.680 bits per heavy atom. The van der Waals surface area contributed by atoms with Crippen LogP contribution in [0.3, 0.4) is 0 Å². The van der Waals surface area contributed by atoms with E-state index in [0.717, 1.165) is 33.6 Å². The smallest absolute Gasteiger partial charge is 0.408 e. The largest absolute Gasteiger partial charge is 0.444 e. The van der Waals surface area contributed by atoms with Gasteiger partial charge in [0.25, 0.3) is 0 Å². The van der Waals surface area contributed by atoms with E-state index in [1.54, 1.807) is 12.4 Å². The Morgan fingerprint density at radius 3 is 1.48 bits per heavy atom. The minimum atomic E-state index is -1.14. The van der Waals surface area contributed by atoms with E-state index in [1.807, 2.05) is 111 Å². The number of nitrogens with zero attached hydrogens (tertiary/aromatic N) is 2. The van der Waals surface area contributed by atoms with Gasteiger partial charge in [0.05, 0.1) is 41.5 Å². The second kappa shape index (κ2) is 14.8. The van der Waals surface area contributed by atoms with Crippen molar-refractivity contribution in [2.75, 3.05) is 0 Å². The molecule has 0 radical (unpaired) electrons. The third-order valence-corrected chi connectivity index (χ3v) is 7.65. The minimum Gasteiger partial charge on any atom is -0.444 e. The summed E-state index contributed by atoms with van der Waals surface area (Å²) in [6.45, 7) is 23.6. The lowest BCUT2D eigenvalue weighted by Gasteiger charge is -2.34. The van der Waals surface area contributed by atoms with Crippen molar-refractivity contribution < 1.29 is 19.4 Å². The number of amides is 1. The Kier molecular flexibility index (Phi) is 11.4. The van der Waals surface area contributed by atoms with Gasteiger partial charge >= 0.3 is 6.09 Å². The molecule has 0 aliphatic heterocycles. The lowest BCUT2D eigenvalue weighted by atomic mass is 9.86. The van der Waals surface area contributed by atoms with Crippen LogP contribution in [0.15, 0.2) is 60.9 Å². The Bertz CT molecular complexity index is 1780. The zero-order valence-electron chi connectivity index (χ0n) is 31.6. The molecule has 4 rings (SSSR count). The first-order chi connectivity index (χ1) is 23.1. The normalized spacial score (nSPS) is 14.3. The summed E-state index contributed by atoms with van der Waals surface area (Å²) >= 11 is 0. The van der Waals surface area contributed by atoms with E-state index >= 15 is 0 Å². The number of benzene rings is 2. The van der Waals surface area contributed by atoms with Crippen LogP contribution in [-0.2, 0) is 9.47 Å². The van der Waals surface area contributed by atoms with Gasteiger partial charge < -0.3 is 29.9 Å². The molecule has 4 aromatic rings. The number of ether oxygens (including phenoxy) is 2. The number of aliphatic hydroxyl groups is 1. The third kappa shape index (κ3) is 11.0. The fraction of sp³-hybridized carbons (Fsp3) is 0.475. The molecule has 5 N–H and O–H groups in total. The summed E-state index contributed by atoms with van der Waals surface area (Å²) < 4.78 is 11.2. The molecule has 0 aliphatic carbocycles. The van der Waals surface area contributed by atoms with Crippen LogP contribution in [0.4, 0.5) is 4.79 Å². The number of nitrogens with one attached hydrogen (secondary N) is 4. The number of rotatable bonds is 8. The average Bonchev–Trinajstić information content (AvgIpc) is 3.66. The lowest BCUT2D eigenvalue weighted by molar-refractivity contribution is -0.190. The van der Waals surface area contributed by atoms with E-state index in [9.17, 15) is 9.90 Å². The topological polar surface area (TPSA) is 137 Å². The third-order valence-electron chi connectivity index (χ3n) is 7.65. The van der Waals surface area contributed by atoms with E-state index in [4.69, 9.17) is 9.47 Å². The molecule has 10 nitrogen and oxygen atoms in total. The van der Waals surface area contributed by atoms with Crippen molar-refractivity contribution in [1.29, 1.82) is 0 Å². The highest BCUT2D eigenvalue weighted by molar-refractivity contribution is 5.68. The van der Waals surface area contributed by atoms with Gasteiger partial charge in [-0.1, -0.05) is 77.6 Å². The molecular formula is C40H54N6O4. The Hall–Kier alpha value is -4.43. The summed E-state index contributed by atoms with van der Waals surface area (Å²) in [6, 6.07) is 15.3. The van der Waals surface area contributed by atoms with Crippen molar-refractivity contribution in [1.82, 2.24) is 30.6 Å². The number of aliphatic hydroxyl groups excluding tert-OH is 1. The minimum absolute atomic E-state index is 0.244. The van der Waals surface area contributed by atoms with Crippen LogP contribution in [0.2, 0.25) is 0 Å². The van der Waals surface area contributed by atoms with E-state index in [-0.39, 0.29) is 22.9 Å². The van der Waals surface area contributed by atoms with Crippen LogP contribution >= 0.6 is 0 Å². The summed E-state index contributed by atoms with van der Waals surface area (Å²) in [5, 5.41) is 16.7. The summed E-state index contributed by atoms with van der Waals surface area (Å²) in [7, 11) is 0. The van der Waals surface area contributed by atoms with Crippen LogP contribution in [0.5, 0.6) is 0 Å². The summed E-state index contributed by atoms with van der Waals surface area (Å²) in [6.07, 6.45) is 1.96. The molecule has 2 heterocycles. The van der Waals surface area contributed by atoms with Crippen molar-refractivity contribution in [3.05, 3.63) is 83.7 Å². The van der Waals surface area contributed by atoms with E-state index < -0.39 is 23.7 Å². The lowest BCUT2D eigenvalue weighted by Crippen LogP contribution is -2.44. The summed E-state index contributed by atoms with van der Waals surface area (Å²) in [4.78, 5) is 28.6. The highest BCUT2D eigenvalue weighted by Crippen LogP contribution is 2.34. The first-order valence-corrected chi connectivity index (χ1v) is 17.0. The van der Waals surface area contributed by atoms with Gasteiger partial charge in [-0.25, -0.2) is 14.8 Å². The molecule has 0 saturated heterocycles. The van der Waals surface area contributed by atoms with Crippen LogP contribution in [0.25, 0.3) is 22.5 Å². The van der Waals surface area contributed by atoms with E-state index in [0.29, 0.717) is 11.6 Å². The Labute approximate surface area is 297 Å². The molecule has 3 atom stereocenters. The molecule has 268 valence electrons. The van der Waals surface area contributed by atoms with Gasteiger partial charge in [-0.2, -0.15) is 0 Å². The molecule has 0 spiro atoms.